The molecule has 0 bridgehead atoms. The average Bonchev–Trinajstić information content (AvgIpc) is 3.37. The summed E-state index contributed by atoms with van der Waals surface area (Å²) in [6.07, 6.45) is 6.57. The highest BCUT2D eigenvalue weighted by molar-refractivity contribution is 7.15. The van der Waals surface area contributed by atoms with Crippen molar-refractivity contribution in [2.24, 2.45) is 11.3 Å². The normalized spacial score (nSPS) is 19.8. The van der Waals surface area contributed by atoms with Gasteiger partial charge in [-0.1, -0.05) is 41.7 Å². The van der Waals surface area contributed by atoms with Gasteiger partial charge in [0, 0.05) is 13.0 Å². The number of benzene rings is 1. The molecule has 0 unspecified atom stereocenters. The number of hydrogen-bond donors (Lipinski definition) is 1. The van der Waals surface area contributed by atoms with Gasteiger partial charge >= 0.3 is 0 Å². The topological polar surface area (TPSA) is 37.8 Å². The Morgan fingerprint density at radius 2 is 1.95 bits per heavy atom. The van der Waals surface area contributed by atoms with E-state index >= 15 is 0 Å². The molecule has 0 atom stereocenters. The van der Waals surface area contributed by atoms with E-state index in [1.807, 2.05) is 6.07 Å². The van der Waals surface area contributed by atoms with Gasteiger partial charge in [-0.25, -0.2) is 0 Å². The first-order valence-corrected chi connectivity index (χ1v) is 8.26. The van der Waals surface area contributed by atoms with Crippen LogP contribution in [0.4, 0.5) is 5.13 Å². The minimum absolute atomic E-state index is 0.616. The molecule has 4 rings (SSSR count). The van der Waals surface area contributed by atoms with Crippen molar-refractivity contribution in [2.75, 3.05) is 11.9 Å². The van der Waals surface area contributed by atoms with Crippen LogP contribution in [0.1, 0.15) is 36.3 Å². The summed E-state index contributed by atoms with van der Waals surface area (Å²) in [5, 5.41) is 14.2. The van der Waals surface area contributed by atoms with Crippen molar-refractivity contribution in [1.29, 1.82) is 0 Å². The molecule has 0 saturated heterocycles. The third-order valence-electron chi connectivity index (χ3n) is 4.59. The van der Waals surface area contributed by atoms with Gasteiger partial charge in [0.2, 0.25) is 5.13 Å². The molecule has 20 heavy (non-hydrogen) atoms. The molecule has 0 aliphatic heterocycles. The van der Waals surface area contributed by atoms with Crippen molar-refractivity contribution in [1.82, 2.24) is 10.2 Å². The largest absolute Gasteiger partial charge is 0.360 e. The van der Waals surface area contributed by atoms with E-state index in [1.54, 1.807) is 11.3 Å². The van der Waals surface area contributed by atoms with E-state index in [4.69, 9.17) is 0 Å². The smallest absolute Gasteiger partial charge is 0.205 e. The van der Waals surface area contributed by atoms with E-state index < -0.39 is 0 Å². The Morgan fingerprint density at radius 3 is 2.65 bits per heavy atom. The lowest BCUT2D eigenvalue weighted by Crippen LogP contribution is -2.17. The third kappa shape index (κ3) is 2.57. The summed E-state index contributed by atoms with van der Waals surface area (Å²) in [6, 6.07) is 10.5. The minimum atomic E-state index is 0.616. The molecule has 1 heterocycles. The van der Waals surface area contributed by atoms with Crippen molar-refractivity contribution >= 4 is 16.5 Å². The molecular formula is C16H19N3S. The Bertz CT molecular complexity index is 585. The zero-order valence-electron chi connectivity index (χ0n) is 11.5. The standard InChI is InChI=1S/C16H19N3S/c1-2-4-12(5-3-1)10-14-18-19-15(20-14)17-11-16(8-9-16)13-6-7-13/h1-5,13H,6-11H2,(H,17,19). The Kier molecular flexibility index (Phi) is 2.99. The first kappa shape index (κ1) is 12.3. The van der Waals surface area contributed by atoms with Gasteiger partial charge in [0.25, 0.3) is 0 Å². The Hall–Kier alpha value is -1.42. The summed E-state index contributed by atoms with van der Waals surface area (Å²) in [6.45, 7) is 1.09. The monoisotopic (exact) mass is 285 g/mol. The minimum Gasteiger partial charge on any atom is -0.360 e. The van der Waals surface area contributed by atoms with E-state index in [0.717, 1.165) is 29.0 Å². The molecule has 2 fully saturated rings. The lowest BCUT2D eigenvalue weighted by molar-refractivity contribution is 0.466. The summed E-state index contributed by atoms with van der Waals surface area (Å²) in [5.74, 6) is 0.992. The molecular weight excluding hydrogens is 266 g/mol. The van der Waals surface area contributed by atoms with Crippen LogP contribution in [0.25, 0.3) is 0 Å². The van der Waals surface area contributed by atoms with Crippen molar-refractivity contribution < 1.29 is 0 Å². The summed E-state index contributed by atoms with van der Waals surface area (Å²) >= 11 is 1.69. The van der Waals surface area contributed by atoms with Crippen LogP contribution in [-0.4, -0.2) is 16.7 Å². The highest BCUT2D eigenvalue weighted by atomic mass is 32.1. The van der Waals surface area contributed by atoms with Crippen LogP contribution >= 0.6 is 11.3 Å². The predicted octanol–water partition coefficient (Wildman–Crippen LogP) is 3.73. The first-order valence-electron chi connectivity index (χ1n) is 7.44. The van der Waals surface area contributed by atoms with E-state index in [2.05, 4.69) is 39.8 Å². The average molecular weight is 285 g/mol. The molecule has 104 valence electrons. The van der Waals surface area contributed by atoms with Crippen LogP contribution in [0.5, 0.6) is 0 Å². The lowest BCUT2D eigenvalue weighted by atomic mass is 10.0. The fourth-order valence-corrected chi connectivity index (χ4v) is 3.77. The number of rotatable bonds is 6. The van der Waals surface area contributed by atoms with Gasteiger partial charge in [0.1, 0.15) is 5.01 Å². The van der Waals surface area contributed by atoms with Crippen molar-refractivity contribution in [2.45, 2.75) is 32.1 Å². The SMILES string of the molecule is c1ccc(Cc2nnc(NCC3(C4CC4)CC3)s2)cc1. The number of anilines is 1. The zero-order valence-corrected chi connectivity index (χ0v) is 12.3. The second-order valence-electron chi connectivity index (χ2n) is 6.15. The van der Waals surface area contributed by atoms with Crippen LogP contribution in [0.2, 0.25) is 0 Å². The van der Waals surface area contributed by atoms with E-state index in [9.17, 15) is 0 Å². The van der Waals surface area contributed by atoms with Gasteiger partial charge < -0.3 is 5.32 Å². The molecule has 1 aromatic heterocycles. The van der Waals surface area contributed by atoms with E-state index in [1.165, 1.54) is 31.2 Å². The van der Waals surface area contributed by atoms with E-state index in [-0.39, 0.29) is 0 Å². The van der Waals surface area contributed by atoms with Crippen molar-refractivity contribution in [3.8, 4) is 0 Å². The molecule has 3 nitrogen and oxygen atoms in total. The van der Waals surface area contributed by atoms with Crippen molar-refractivity contribution in [3.05, 3.63) is 40.9 Å². The molecule has 2 aromatic rings. The van der Waals surface area contributed by atoms with Gasteiger partial charge in [-0.2, -0.15) is 0 Å². The Labute approximate surface area is 123 Å². The highest BCUT2D eigenvalue weighted by Gasteiger charge is 2.53. The maximum absolute atomic E-state index is 4.30. The number of nitrogens with zero attached hydrogens (tertiary/aromatic N) is 2. The first-order chi connectivity index (χ1) is 9.84. The third-order valence-corrected chi connectivity index (χ3v) is 5.47. The second kappa shape index (κ2) is 4.85. The molecule has 4 heteroatoms. The zero-order chi connectivity index (χ0) is 13.4. The quantitative estimate of drug-likeness (QED) is 0.878. The van der Waals surface area contributed by atoms with Gasteiger partial charge in [-0.3, -0.25) is 0 Å². The van der Waals surface area contributed by atoms with Crippen LogP contribution in [0, 0.1) is 11.3 Å². The van der Waals surface area contributed by atoms with Gasteiger partial charge in [-0.15, -0.1) is 10.2 Å². The fraction of sp³-hybridized carbons (Fsp3) is 0.500. The molecule has 2 aliphatic carbocycles. The highest BCUT2D eigenvalue weighted by Crippen LogP contribution is 2.61. The lowest BCUT2D eigenvalue weighted by Gasteiger charge is -2.13. The summed E-state index contributed by atoms with van der Waals surface area (Å²) in [4.78, 5) is 0. The van der Waals surface area contributed by atoms with Gasteiger partial charge in [0.05, 0.1) is 0 Å². The number of nitrogens with one attached hydrogen (secondary N) is 1. The molecule has 1 N–H and O–H groups in total. The second-order valence-corrected chi connectivity index (χ2v) is 7.22. The van der Waals surface area contributed by atoms with Crippen LogP contribution < -0.4 is 5.32 Å². The van der Waals surface area contributed by atoms with Gasteiger partial charge in [0.15, 0.2) is 0 Å². The van der Waals surface area contributed by atoms with Crippen LogP contribution in [-0.2, 0) is 6.42 Å². The fourth-order valence-electron chi connectivity index (χ4n) is 3.00. The van der Waals surface area contributed by atoms with E-state index in [0.29, 0.717) is 5.41 Å². The molecule has 2 aliphatic rings. The van der Waals surface area contributed by atoms with Crippen LogP contribution in [0.3, 0.4) is 0 Å². The van der Waals surface area contributed by atoms with Crippen LogP contribution in [0.15, 0.2) is 30.3 Å². The molecule has 0 amide bonds. The maximum Gasteiger partial charge on any atom is 0.205 e. The number of hydrogen-bond acceptors (Lipinski definition) is 4. The summed E-state index contributed by atoms with van der Waals surface area (Å²) in [5.41, 5.74) is 1.91. The Morgan fingerprint density at radius 1 is 1.15 bits per heavy atom. The number of aromatic nitrogens is 2. The van der Waals surface area contributed by atoms with Gasteiger partial charge in [-0.05, 0) is 42.6 Å². The molecule has 0 radical (unpaired) electrons. The molecule has 0 spiro atoms. The van der Waals surface area contributed by atoms with Crippen molar-refractivity contribution in [3.63, 3.8) is 0 Å². The molecule has 1 aromatic carbocycles. The predicted molar refractivity (Wildman–Crippen MR) is 82.0 cm³/mol. The molecule has 2 saturated carbocycles. The Balaban J connectivity index is 1.36. The summed E-state index contributed by atoms with van der Waals surface area (Å²) in [7, 11) is 0. The summed E-state index contributed by atoms with van der Waals surface area (Å²) < 4.78 is 0. The maximum atomic E-state index is 4.30.